The van der Waals surface area contributed by atoms with Crippen molar-refractivity contribution in [1.29, 1.82) is 0 Å². The van der Waals surface area contributed by atoms with Crippen molar-refractivity contribution in [2.45, 2.75) is 77.5 Å². The van der Waals surface area contributed by atoms with Gasteiger partial charge in [-0.3, -0.25) is 0 Å². The van der Waals surface area contributed by atoms with Crippen molar-refractivity contribution in [2.24, 2.45) is 11.8 Å². The molecule has 1 aliphatic carbocycles. The summed E-state index contributed by atoms with van der Waals surface area (Å²) in [6.07, 6.45) is 5.96. The number of hydrogen-bond acceptors (Lipinski definition) is 2. The van der Waals surface area contributed by atoms with Crippen LogP contribution in [0.4, 0.5) is 22.0 Å². The maximum Gasteiger partial charge on any atom is 0.573 e. The molecule has 0 atom stereocenters. The second kappa shape index (κ2) is 13.3. The summed E-state index contributed by atoms with van der Waals surface area (Å²) in [5.41, 5.74) is 1.15. The van der Waals surface area contributed by atoms with Gasteiger partial charge < -0.3 is 9.47 Å². The van der Waals surface area contributed by atoms with E-state index in [1.807, 2.05) is 0 Å². The Morgan fingerprint density at radius 2 is 1.44 bits per heavy atom. The largest absolute Gasteiger partial charge is 0.573 e. The van der Waals surface area contributed by atoms with Gasteiger partial charge in [-0.15, -0.1) is 13.2 Å². The maximum atomic E-state index is 15.5. The van der Waals surface area contributed by atoms with Crippen molar-refractivity contribution < 1.29 is 31.4 Å². The zero-order chi connectivity index (χ0) is 27.8. The highest BCUT2D eigenvalue weighted by Crippen LogP contribution is 2.38. The van der Waals surface area contributed by atoms with E-state index in [1.54, 1.807) is 24.3 Å². The first-order valence-corrected chi connectivity index (χ1v) is 13.8. The SMILES string of the molecule is CCCCCC1CCC(CCc2c(F)ccc(Oc3ccccc3-c3ccc(OC(F)(F)F)cc3)c2F)CC1. The highest BCUT2D eigenvalue weighted by Gasteiger charge is 2.31. The lowest BCUT2D eigenvalue weighted by Crippen LogP contribution is -2.16. The average molecular weight is 547 g/mol. The quantitative estimate of drug-likeness (QED) is 0.176. The molecule has 210 valence electrons. The number of alkyl halides is 3. The Morgan fingerprint density at radius 3 is 2.10 bits per heavy atom. The van der Waals surface area contributed by atoms with Gasteiger partial charge in [0.25, 0.3) is 0 Å². The monoisotopic (exact) mass is 546 g/mol. The average Bonchev–Trinajstić information content (AvgIpc) is 2.91. The van der Waals surface area contributed by atoms with Crippen LogP contribution >= 0.6 is 0 Å². The van der Waals surface area contributed by atoms with Crippen molar-refractivity contribution in [3.63, 3.8) is 0 Å². The molecule has 0 saturated heterocycles. The normalized spacial score (nSPS) is 17.7. The number of para-hydroxylation sites is 1. The lowest BCUT2D eigenvalue weighted by molar-refractivity contribution is -0.274. The van der Waals surface area contributed by atoms with Gasteiger partial charge in [0.05, 0.1) is 0 Å². The zero-order valence-electron chi connectivity index (χ0n) is 22.2. The van der Waals surface area contributed by atoms with Crippen molar-refractivity contribution in [2.75, 3.05) is 0 Å². The molecule has 3 aromatic rings. The van der Waals surface area contributed by atoms with E-state index in [0.29, 0.717) is 29.2 Å². The first-order chi connectivity index (χ1) is 18.7. The fourth-order valence-corrected chi connectivity index (χ4v) is 5.47. The van der Waals surface area contributed by atoms with E-state index < -0.39 is 18.0 Å². The first kappa shape index (κ1) is 28.9. The Morgan fingerprint density at radius 1 is 0.769 bits per heavy atom. The molecule has 1 fully saturated rings. The van der Waals surface area contributed by atoms with E-state index >= 15 is 4.39 Å². The number of halogens is 5. The molecule has 0 spiro atoms. The maximum absolute atomic E-state index is 15.5. The van der Waals surface area contributed by atoms with Crippen molar-refractivity contribution in [3.8, 4) is 28.4 Å². The van der Waals surface area contributed by atoms with Crippen LogP contribution in [0.1, 0.15) is 70.3 Å². The number of hydrogen-bond donors (Lipinski definition) is 0. The number of ether oxygens (including phenoxy) is 2. The minimum Gasteiger partial charge on any atom is -0.454 e. The Labute approximate surface area is 227 Å². The summed E-state index contributed by atoms with van der Waals surface area (Å²) in [6.45, 7) is 2.22. The van der Waals surface area contributed by atoms with Crippen molar-refractivity contribution in [3.05, 3.63) is 77.9 Å². The van der Waals surface area contributed by atoms with Gasteiger partial charge in [0.1, 0.15) is 17.3 Å². The number of benzene rings is 3. The Kier molecular flexibility index (Phi) is 9.87. The summed E-state index contributed by atoms with van der Waals surface area (Å²) < 4.78 is 77.5. The third-order valence-corrected chi connectivity index (χ3v) is 7.64. The van der Waals surface area contributed by atoms with E-state index in [9.17, 15) is 17.6 Å². The molecule has 1 aliphatic rings. The summed E-state index contributed by atoms with van der Waals surface area (Å²) >= 11 is 0. The molecule has 3 aromatic carbocycles. The first-order valence-electron chi connectivity index (χ1n) is 13.8. The van der Waals surface area contributed by atoms with Gasteiger partial charge >= 0.3 is 6.36 Å². The summed E-state index contributed by atoms with van der Waals surface area (Å²) in [4.78, 5) is 0. The molecule has 7 heteroatoms. The second-order valence-corrected chi connectivity index (χ2v) is 10.4. The van der Waals surface area contributed by atoms with Gasteiger partial charge in [-0.25, -0.2) is 8.78 Å². The minimum atomic E-state index is -4.78. The van der Waals surface area contributed by atoms with E-state index in [4.69, 9.17) is 4.74 Å². The number of rotatable bonds is 11. The zero-order valence-corrected chi connectivity index (χ0v) is 22.2. The molecule has 39 heavy (non-hydrogen) atoms. The molecular formula is C32H35F5O2. The van der Waals surface area contributed by atoms with Crippen LogP contribution in [-0.2, 0) is 6.42 Å². The van der Waals surface area contributed by atoms with E-state index in [0.717, 1.165) is 25.2 Å². The van der Waals surface area contributed by atoms with Gasteiger partial charge in [-0.1, -0.05) is 88.6 Å². The van der Waals surface area contributed by atoms with Gasteiger partial charge in [0.15, 0.2) is 11.6 Å². The van der Waals surface area contributed by atoms with E-state index in [1.165, 1.54) is 74.9 Å². The molecule has 1 saturated carbocycles. The minimum absolute atomic E-state index is 0.0312. The van der Waals surface area contributed by atoms with Crippen molar-refractivity contribution >= 4 is 0 Å². The van der Waals surface area contributed by atoms with Crippen LogP contribution in [0.25, 0.3) is 11.1 Å². The van der Waals surface area contributed by atoms with Crippen LogP contribution in [0.3, 0.4) is 0 Å². The molecule has 0 radical (unpaired) electrons. The summed E-state index contributed by atoms with van der Waals surface area (Å²) in [5, 5.41) is 0. The van der Waals surface area contributed by atoms with Crippen LogP contribution in [0.5, 0.6) is 17.2 Å². The molecule has 2 nitrogen and oxygen atoms in total. The van der Waals surface area contributed by atoms with Gasteiger partial charge in [-0.2, -0.15) is 0 Å². The third-order valence-electron chi connectivity index (χ3n) is 7.64. The van der Waals surface area contributed by atoms with Crippen LogP contribution in [0, 0.1) is 23.5 Å². The Bertz CT molecular complexity index is 1200. The Balaban J connectivity index is 1.42. The smallest absolute Gasteiger partial charge is 0.454 e. The molecule has 0 bridgehead atoms. The second-order valence-electron chi connectivity index (χ2n) is 10.4. The van der Waals surface area contributed by atoms with Gasteiger partial charge in [-0.05, 0) is 60.6 Å². The lowest BCUT2D eigenvalue weighted by Gasteiger charge is -2.28. The van der Waals surface area contributed by atoms with E-state index in [-0.39, 0.29) is 17.1 Å². The third kappa shape index (κ3) is 8.20. The van der Waals surface area contributed by atoms with Crippen LogP contribution < -0.4 is 9.47 Å². The van der Waals surface area contributed by atoms with Crippen LogP contribution in [0.2, 0.25) is 0 Å². The molecule has 0 heterocycles. The highest BCUT2D eigenvalue weighted by molar-refractivity contribution is 5.71. The highest BCUT2D eigenvalue weighted by atomic mass is 19.4. The lowest BCUT2D eigenvalue weighted by atomic mass is 9.77. The van der Waals surface area contributed by atoms with Crippen LogP contribution in [-0.4, -0.2) is 6.36 Å². The van der Waals surface area contributed by atoms with Crippen molar-refractivity contribution in [1.82, 2.24) is 0 Å². The Hall–Kier alpha value is -3.09. The summed E-state index contributed by atoms with van der Waals surface area (Å²) in [6, 6.07) is 14.6. The predicted molar refractivity (Wildman–Crippen MR) is 143 cm³/mol. The van der Waals surface area contributed by atoms with E-state index in [2.05, 4.69) is 11.7 Å². The molecule has 0 aliphatic heterocycles. The summed E-state index contributed by atoms with van der Waals surface area (Å²) in [5.74, 6) is -0.167. The van der Waals surface area contributed by atoms with Crippen LogP contribution in [0.15, 0.2) is 60.7 Å². The van der Waals surface area contributed by atoms with Gasteiger partial charge in [0.2, 0.25) is 0 Å². The topological polar surface area (TPSA) is 18.5 Å². The molecule has 4 rings (SSSR count). The standard InChI is InChI=1S/C32H35F5O2/c1-2-3-4-7-22-10-12-23(13-11-22)14-19-27-28(33)20-21-30(31(27)34)38-29-9-6-5-8-26(29)24-15-17-25(18-16-24)39-32(35,36)37/h5-6,8-9,15-18,20-23H,2-4,7,10-14,19H2,1H3. The van der Waals surface area contributed by atoms with Gasteiger partial charge in [0, 0.05) is 11.1 Å². The molecule has 0 unspecified atom stereocenters. The molecule has 0 N–H and O–H groups in total. The fourth-order valence-electron chi connectivity index (χ4n) is 5.47. The fraction of sp³-hybridized carbons (Fsp3) is 0.438. The summed E-state index contributed by atoms with van der Waals surface area (Å²) in [7, 11) is 0. The molecular weight excluding hydrogens is 511 g/mol. The molecule has 0 amide bonds. The predicted octanol–water partition coefficient (Wildman–Crippen LogP) is 10.6. The number of unbranched alkanes of at least 4 members (excludes halogenated alkanes) is 2. The molecule has 0 aromatic heterocycles.